The molecule has 0 unspecified atom stereocenters. The molecule has 0 saturated carbocycles. The molecule has 1 fully saturated rings. The lowest BCUT2D eigenvalue weighted by Crippen LogP contribution is -2.33. The van der Waals surface area contributed by atoms with E-state index in [2.05, 4.69) is 17.0 Å². The number of carbonyl (C=O) groups is 2. The van der Waals surface area contributed by atoms with Crippen LogP contribution in [-0.4, -0.2) is 45.9 Å². The van der Waals surface area contributed by atoms with Crippen molar-refractivity contribution in [2.75, 3.05) is 24.6 Å². The maximum absolute atomic E-state index is 12.4. The van der Waals surface area contributed by atoms with Gasteiger partial charge in [-0.15, -0.1) is 18.2 Å². The Kier molecular flexibility index (Phi) is 7.35. The minimum absolute atomic E-state index is 0.124. The molecule has 0 N–H and O–H groups in total. The van der Waals surface area contributed by atoms with Gasteiger partial charge in [0.05, 0.1) is 28.3 Å². The highest BCUT2D eigenvalue weighted by atomic mass is 32.2. The first-order valence-corrected chi connectivity index (χ1v) is 11.5. The topological polar surface area (TPSA) is 54.7 Å². The van der Waals surface area contributed by atoms with E-state index in [0.29, 0.717) is 17.1 Å². The molecule has 0 atom stereocenters. The van der Waals surface area contributed by atoms with E-state index in [1.54, 1.807) is 0 Å². The van der Waals surface area contributed by atoms with Crippen LogP contribution in [0, 0.1) is 19.3 Å². The second-order valence-electron chi connectivity index (χ2n) is 6.94. The number of aromatic nitrogens is 1. The van der Waals surface area contributed by atoms with Crippen molar-refractivity contribution < 1.29 is 9.59 Å². The monoisotopic (exact) mass is 415 g/mol. The molecule has 2 heterocycles. The maximum atomic E-state index is 12.4. The second kappa shape index (κ2) is 9.94. The van der Waals surface area contributed by atoms with Crippen molar-refractivity contribution in [1.82, 2.24) is 9.47 Å². The Morgan fingerprint density at radius 2 is 1.96 bits per heavy atom. The van der Waals surface area contributed by atoms with Crippen molar-refractivity contribution in [2.24, 2.45) is 4.99 Å². The predicted molar refractivity (Wildman–Crippen MR) is 116 cm³/mol. The third kappa shape index (κ3) is 5.27. The summed E-state index contributed by atoms with van der Waals surface area (Å²) in [6.45, 7) is 4.08. The van der Waals surface area contributed by atoms with E-state index in [0.717, 1.165) is 41.7 Å². The van der Waals surface area contributed by atoms with Crippen LogP contribution in [0.1, 0.15) is 31.2 Å². The lowest BCUT2D eigenvalue weighted by molar-refractivity contribution is -0.128. The van der Waals surface area contributed by atoms with Crippen molar-refractivity contribution in [3.8, 4) is 12.3 Å². The minimum atomic E-state index is -0.234. The summed E-state index contributed by atoms with van der Waals surface area (Å²) in [5.74, 6) is 3.05. The number of thioether (sulfide) groups is 1. The Bertz CT molecular complexity index is 960. The quantitative estimate of drug-likeness (QED) is 0.705. The van der Waals surface area contributed by atoms with Crippen molar-refractivity contribution in [3.63, 3.8) is 0 Å². The van der Waals surface area contributed by atoms with Gasteiger partial charge in [-0.3, -0.25) is 9.59 Å². The molecule has 1 aromatic heterocycles. The molecule has 28 heavy (non-hydrogen) atoms. The summed E-state index contributed by atoms with van der Waals surface area (Å²) in [4.78, 5) is 31.5. The molecular formula is C21H25N3O2S2. The zero-order valence-electron chi connectivity index (χ0n) is 16.1. The third-order valence-corrected chi connectivity index (χ3v) is 6.66. The number of fused-ring (bicyclic) bond motifs is 1. The largest absolute Gasteiger partial charge is 0.342 e. The SMILES string of the molecule is C#CCn1c(=NC(=O)CSCC(=O)N2CCCCCC2)sc2cc(C)ccc21. The van der Waals surface area contributed by atoms with E-state index in [1.165, 1.54) is 35.9 Å². The Hall–Kier alpha value is -2.04. The normalized spacial score (nSPS) is 15.4. The van der Waals surface area contributed by atoms with Gasteiger partial charge in [0.2, 0.25) is 5.91 Å². The van der Waals surface area contributed by atoms with Gasteiger partial charge in [0, 0.05) is 13.1 Å². The van der Waals surface area contributed by atoms with Gasteiger partial charge in [0.1, 0.15) is 0 Å². The maximum Gasteiger partial charge on any atom is 0.258 e. The fourth-order valence-corrected chi connectivity index (χ4v) is 5.13. The summed E-state index contributed by atoms with van der Waals surface area (Å²) in [5.41, 5.74) is 2.14. The number of hydrogen-bond acceptors (Lipinski definition) is 4. The fraction of sp³-hybridized carbons (Fsp3) is 0.476. The van der Waals surface area contributed by atoms with Crippen LogP contribution in [0.25, 0.3) is 10.2 Å². The first-order valence-electron chi connectivity index (χ1n) is 9.55. The van der Waals surface area contributed by atoms with Crippen LogP contribution < -0.4 is 4.80 Å². The number of hydrogen-bond donors (Lipinski definition) is 0. The van der Waals surface area contributed by atoms with Gasteiger partial charge < -0.3 is 9.47 Å². The average Bonchev–Trinajstić information content (AvgIpc) is 2.85. The van der Waals surface area contributed by atoms with Crippen molar-refractivity contribution in [2.45, 2.75) is 39.2 Å². The van der Waals surface area contributed by atoms with E-state index < -0.39 is 0 Å². The first kappa shape index (κ1) is 20.7. The number of amides is 2. The van der Waals surface area contributed by atoms with Gasteiger partial charge in [-0.05, 0) is 37.5 Å². The van der Waals surface area contributed by atoms with E-state index in [1.807, 2.05) is 28.5 Å². The van der Waals surface area contributed by atoms with Gasteiger partial charge in [-0.25, -0.2) is 0 Å². The molecule has 2 aromatic rings. The van der Waals surface area contributed by atoms with Crippen LogP contribution in [0.5, 0.6) is 0 Å². The van der Waals surface area contributed by atoms with Gasteiger partial charge in [-0.2, -0.15) is 4.99 Å². The lowest BCUT2D eigenvalue weighted by atomic mass is 10.2. The number of thiazole rings is 1. The van der Waals surface area contributed by atoms with Crippen LogP contribution in [0.3, 0.4) is 0 Å². The molecule has 0 aliphatic carbocycles. The molecule has 0 bridgehead atoms. The van der Waals surface area contributed by atoms with Crippen LogP contribution >= 0.6 is 23.1 Å². The lowest BCUT2D eigenvalue weighted by Gasteiger charge is -2.19. The van der Waals surface area contributed by atoms with Crippen molar-refractivity contribution in [1.29, 1.82) is 0 Å². The molecule has 3 rings (SSSR count). The van der Waals surface area contributed by atoms with Crippen LogP contribution in [-0.2, 0) is 16.1 Å². The highest BCUT2D eigenvalue weighted by molar-refractivity contribution is 8.00. The number of carbonyl (C=O) groups excluding carboxylic acids is 2. The van der Waals surface area contributed by atoms with Gasteiger partial charge in [0.25, 0.3) is 5.91 Å². The zero-order chi connectivity index (χ0) is 19.9. The van der Waals surface area contributed by atoms with E-state index >= 15 is 0 Å². The Morgan fingerprint density at radius 1 is 1.21 bits per heavy atom. The molecule has 1 aliphatic rings. The first-order chi connectivity index (χ1) is 13.6. The number of benzene rings is 1. The molecule has 1 aliphatic heterocycles. The van der Waals surface area contributed by atoms with Crippen LogP contribution in [0.4, 0.5) is 0 Å². The summed E-state index contributed by atoms with van der Waals surface area (Å²) in [7, 11) is 0. The van der Waals surface area contributed by atoms with Crippen molar-refractivity contribution >= 4 is 45.1 Å². The molecule has 2 amide bonds. The molecule has 0 radical (unpaired) electrons. The molecular weight excluding hydrogens is 390 g/mol. The molecule has 148 valence electrons. The number of likely N-dealkylation sites (tertiary alicyclic amines) is 1. The molecule has 1 aromatic carbocycles. The van der Waals surface area contributed by atoms with Crippen LogP contribution in [0.15, 0.2) is 23.2 Å². The smallest absolute Gasteiger partial charge is 0.258 e. The Balaban J connectivity index is 1.65. The van der Waals surface area contributed by atoms with Gasteiger partial charge in [-0.1, -0.05) is 36.2 Å². The average molecular weight is 416 g/mol. The second-order valence-corrected chi connectivity index (χ2v) is 8.93. The summed E-state index contributed by atoms with van der Waals surface area (Å²) in [5, 5.41) is 0. The number of rotatable bonds is 5. The van der Waals surface area contributed by atoms with Crippen LogP contribution in [0.2, 0.25) is 0 Å². The highest BCUT2D eigenvalue weighted by Gasteiger charge is 2.16. The van der Waals surface area contributed by atoms with E-state index in [-0.39, 0.29) is 17.6 Å². The predicted octanol–water partition coefficient (Wildman–Crippen LogP) is 3.21. The minimum Gasteiger partial charge on any atom is -0.342 e. The fourth-order valence-electron chi connectivity index (χ4n) is 3.29. The van der Waals surface area contributed by atoms with Gasteiger partial charge in [0.15, 0.2) is 4.80 Å². The summed E-state index contributed by atoms with van der Waals surface area (Å²) >= 11 is 2.80. The molecule has 5 nitrogen and oxygen atoms in total. The highest BCUT2D eigenvalue weighted by Crippen LogP contribution is 2.19. The van der Waals surface area contributed by atoms with Gasteiger partial charge >= 0.3 is 0 Å². The summed E-state index contributed by atoms with van der Waals surface area (Å²) < 4.78 is 2.95. The standard InChI is InChI=1S/C21H25N3O2S2/c1-3-10-24-17-9-8-16(2)13-18(17)28-21(24)22-19(25)14-27-15-20(26)23-11-6-4-5-7-12-23/h1,8-9,13H,4-7,10-12,14-15H2,2H3. The molecule has 0 spiro atoms. The molecule has 1 saturated heterocycles. The van der Waals surface area contributed by atoms with E-state index in [9.17, 15) is 9.59 Å². The van der Waals surface area contributed by atoms with Crippen molar-refractivity contribution in [3.05, 3.63) is 28.6 Å². The Labute approximate surface area is 173 Å². The zero-order valence-corrected chi connectivity index (χ0v) is 17.8. The summed E-state index contributed by atoms with van der Waals surface area (Å²) in [6, 6.07) is 6.11. The number of terminal acetylenes is 1. The third-order valence-electron chi connectivity index (χ3n) is 4.72. The Morgan fingerprint density at radius 3 is 2.68 bits per heavy atom. The number of aryl methyl sites for hydroxylation is 1. The number of nitrogens with zero attached hydrogens (tertiary/aromatic N) is 3. The summed E-state index contributed by atoms with van der Waals surface area (Å²) in [6.07, 6.45) is 10.0. The molecule has 7 heteroatoms. The van der Waals surface area contributed by atoms with E-state index in [4.69, 9.17) is 6.42 Å².